The molecule has 0 aliphatic rings. The van der Waals surface area contributed by atoms with Crippen LogP contribution >= 0.6 is 0 Å². The van der Waals surface area contributed by atoms with Gasteiger partial charge < -0.3 is 10.1 Å². The monoisotopic (exact) mass is 259 g/mol. The Hall–Kier alpha value is -2.36. The SMILES string of the molecule is C[C@@H](Oc1ccccc1)C(=O)Nc1cccc(F)c1. The third kappa shape index (κ3) is 3.81. The third-order valence-electron chi connectivity index (χ3n) is 2.52. The van der Waals surface area contributed by atoms with E-state index in [0.717, 1.165) is 0 Å². The number of carbonyl (C=O) groups is 1. The van der Waals surface area contributed by atoms with Crippen molar-refractivity contribution in [3.8, 4) is 5.75 Å². The first-order valence-electron chi connectivity index (χ1n) is 5.93. The molecule has 19 heavy (non-hydrogen) atoms. The van der Waals surface area contributed by atoms with Crippen LogP contribution in [0, 0.1) is 5.82 Å². The number of halogens is 1. The van der Waals surface area contributed by atoms with Crippen LogP contribution in [0.5, 0.6) is 5.75 Å². The number of hydrogen-bond donors (Lipinski definition) is 1. The summed E-state index contributed by atoms with van der Waals surface area (Å²) in [5.74, 6) is -0.103. The van der Waals surface area contributed by atoms with E-state index in [1.165, 1.54) is 18.2 Å². The van der Waals surface area contributed by atoms with Crippen molar-refractivity contribution in [1.82, 2.24) is 0 Å². The Labute approximate surface area is 111 Å². The summed E-state index contributed by atoms with van der Waals surface area (Å²) < 4.78 is 18.5. The molecule has 0 saturated carbocycles. The van der Waals surface area contributed by atoms with Gasteiger partial charge in [0.25, 0.3) is 5.91 Å². The van der Waals surface area contributed by atoms with Gasteiger partial charge in [-0.15, -0.1) is 0 Å². The normalized spacial score (nSPS) is 11.7. The zero-order valence-electron chi connectivity index (χ0n) is 10.5. The molecule has 2 rings (SSSR count). The first-order chi connectivity index (χ1) is 9.15. The van der Waals surface area contributed by atoms with Crippen LogP contribution in [0.4, 0.5) is 10.1 Å². The summed E-state index contributed by atoms with van der Waals surface area (Å²) in [4.78, 5) is 11.9. The van der Waals surface area contributed by atoms with Crippen molar-refractivity contribution in [3.63, 3.8) is 0 Å². The second-order valence-corrected chi connectivity index (χ2v) is 4.07. The van der Waals surface area contributed by atoms with Gasteiger partial charge in [-0.2, -0.15) is 0 Å². The standard InChI is InChI=1S/C15H14FNO2/c1-11(19-14-8-3-2-4-9-14)15(18)17-13-7-5-6-12(16)10-13/h2-11H,1H3,(H,17,18)/t11-/m1/s1. The van der Waals surface area contributed by atoms with Gasteiger partial charge in [0.1, 0.15) is 11.6 Å². The van der Waals surface area contributed by atoms with Gasteiger partial charge in [0.05, 0.1) is 0 Å². The maximum absolute atomic E-state index is 13.0. The summed E-state index contributed by atoms with van der Waals surface area (Å²) in [6.45, 7) is 1.64. The minimum atomic E-state index is -0.661. The van der Waals surface area contributed by atoms with E-state index in [2.05, 4.69) is 5.32 Å². The number of rotatable bonds is 4. The van der Waals surface area contributed by atoms with Gasteiger partial charge >= 0.3 is 0 Å². The highest BCUT2D eigenvalue weighted by Gasteiger charge is 2.14. The van der Waals surface area contributed by atoms with Crippen LogP contribution in [0.1, 0.15) is 6.92 Å². The minimum absolute atomic E-state index is 0.325. The molecule has 0 unspecified atom stereocenters. The average molecular weight is 259 g/mol. The summed E-state index contributed by atoms with van der Waals surface area (Å²) >= 11 is 0. The summed E-state index contributed by atoms with van der Waals surface area (Å²) in [7, 11) is 0. The number of ether oxygens (including phenoxy) is 1. The largest absolute Gasteiger partial charge is 0.481 e. The highest BCUT2D eigenvalue weighted by atomic mass is 19.1. The number of nitrogens with one attached hydrogen (secondary N) is 1. The van der Waals surface area contributed by atoms with Crippen molar-refractivity contribution in [3.05, 3.63) is 60.4 Å². The highest BCUT2D eigenvalue weighted by Crippen LogP contribution is 2.13. The lowest BCUT2D eigenvalue weighted by Gasteiger charge is -2.14. The lowest BCUT2D eigenvalue weighted by molar-refractivity contribution is -0.122. The summed E-state index contributed by atoms with van der Waals surface area (Å²) in [6.07, 6.45) is -0.661. The Morgan fingerprint density at radius 2 is 1.89 bits per heavy atom. The van der Waals surface area contributed by atoms with Crippen molar-refractivity contribution in [2.45, 2.75) is 13.0 Å². The molecule has 1 atom stereocenters. The fraction of sp³-hybridized carbons (Fsp3) is 0.133. The quantitative estimate of drug-likeness (QED) is 0.915. The molecule has 3 nitrogen and oxygen atoms in total. The first-order valence-corrected chi connectivity index (χ1v) is 5.93. The van der Waals surface area contributed by atoms with E-state index in [9.17, 15) is 9.18 Å². The van der Waals surface area contributed by atoms with Crippen molar-refractivity contribution in [1.29, 1.82) is 0 Å². The van der Waals surface area contributed by atoms with Crippen LogP contribution in [0.25, 0.3) is 0 Å². The summed E-state index contributed by atoms with van der Waals surface area (Å²) in [5, 5.41) is 2.60. The molecule has 0 aliphatic carbocycles. The van der Waals surface area contributed by atoms with Crippen LogP contribution in [0.3, 0.4) is 0 Å². The Morgan fingerprint density at radius 1 is 1.16 bits per heavy atom. The Balaban J connectivity index is 1.96. The van der Waals surface area contributed by atoms with E-state index in [4.69, 9.17) is 4.74 Å². The van der Waals surface area contributed by atoms with E-state index in [1.807, 2.05) is 18.2 Å². The predicted molar refractivity (Wildman–Crippen MR) is 71.6 cm³/mol. The van der Waals surface area contributed by atoms with Gasteiger partial charge in [0, 0.05) is 5.69 Å². The molecule has 98 valence electrons. The summed E-state index contributed by atoms with van der Waals surface area (Å²) in [6, 6.07) is 14.8. The molecule has 1 N–H and O–H groups in total. The molecule has 1 amide bonds. The molecule has 0 saturated heterocycles. The van der Waals surface area contributed by atoms with E-state index < -0.39 is 11.9 Å². The van der Waals surface area contributed by atoms with Gasteiger partial charge in [0.15, 0.2) is 6.10 Å². The Bertz CT molecular complexity index is 557. The maximum atomic E-state index is 13.0. The van der Waals surface area contributed by atoms with Gasteiger partial charge in [0.2, 0.25) is 0 Å². The van der Waals surface area contributed by atoms with Crippen molar-refractivity contribution in [2.75, 3.05) is 5.32 Å². The number of benzene rings is 2. The van der Waals surface area contributed by atoms with Crippen molar-refractivity contribution < 1.29 is 13.9 Å². The summed E-state index contributed by atoms with van der Waals surface area (Å²) in [5.41, 5.74) is 0.411. The molecular formula is C15H14FNO2. The molecule has 2 aromatic carbocycles. The van der Waals surface area contributed by atoms with Gasteiger partial charge in [-0.1, -0.05) is 24.3 Å². The van der Waals surface area contributed by atoms with E-state index in [-0.39, 0.29) is 5.91 Å². The maximum Gasteiger partial charge on any atom is 0.265 e. The van der Waals surface area contributed by atoms with Crippen LogP contribution in [0.15, 0.2) is 54.6 Å². The number of carbonyl (C=O) groups excluding carboxylic acids is 1. The molecule has 0 radical (unpaired) electrons. The predicted octanol–water partition coefficient (Wildman–Crippen LogP) is 3.23. The lowest BCUT2D eigenvalue weighted by Crippen LogP contribution is -2.30. The third-order valence-corrected chi connectivity index (χ3v) is 2.52. The molecular weight excluding hydrogens is 245 g/mol. The van der Waals surface area contributed by atoms with Gasteiger partial charge in [-0.3, -0.25) is 4.79 Å². The second-order valence-electron chi connectivity index (χ2n) is 4.07. The van der Waals surface area contributed by atoms with Crippen LogP contribution in [0.2, 0.25) is 0 Å². The van der Waals surface area contributed by atoms with Crippen LogP contribution in [-0.4, -0.2) is 12.0 Å². The second kappa shape index (κ2) is 6.00. The van der Waals surface area contributed by atoms with Crippen molar-refractivity contribution >= 4 is 11.6 Å². The number of anilines is 1. The highest BCUT2D eigenvalue weighted by molar-refractivity contribution is 5.94. The Morgan fingerprint density at radius 3 is 2.58 bits per heavy atom. The van der Waals surface area contributed by atoms with Gasteiger partial charge in [-0.05, 0) is 37.3 Å². The zero-order chi connectivity index (χ0) is 13.7. The number of hydrogen-bond acceptors (Lipinski definition) is 2. The molecule has 4 heteroatoms. The van der Waals surface area contributed by atoms with Gasteiger partial charge in [-0.25, -0.2) is 4.39 Å². The number of amides is 1. The fourth-order valence-corrected chi connectivity index (χ4v) is 1.57. The molecule has 0 aromatic heterocycles. The fourth-order valence-electron chi connectivity index (χ4n) is 1.57. The molecule has 2 aromatic rings. The van der Waals surface area contributed by atoms with Crippen LogP contribution < -0.4 is 10.1 Å². The molecule has 0 spiro atoms. The minimum Gasteiger partial charge on any atom is -0.481 e. The molecule has 0 aliphatic heterocycles. The van der Waals surface area contributed by atoms with E-state index >= 15 is 0 Å². The van der Waals surface area contributed by atoms with Crippen LogP contribution in [-0.2, 0) is 4.79 Å². The smallest absolute Gasteiger partial charge is 0.265 e. The molecule has 0 heterocycles. The Kier molecular flexibility index (Phi) is 4.13. The zero-order valence-corrected chi connectivity index (χ0v) is 10.5. The lowest BCUT2D eigenvalue weighted by atomic mass is 10.3. The average Bonchev–Trinajstić information content (AvgIpc) is 2.40. The topological polar surface area (TPSA) is 38.3 Å². The number of para-hydroxylation sites is 1. The van der Waals surface area contributed by atoms with Crippen molar-refractivity contribution in [2.24, 2.45) is 0 Å². The molecule has 0 bridgehead atoms. The molecule has 0 fully saturated rings. The van der Waals surface area contributed by atoms with E-state index in [0.29, 0.717) is 11.4 Å². The first kappa shape index (κ1) is 13.1. The van der Waals surface area contributed by atoms with E-state index in [1.54, 1.807) is 25.1 Å².